The van der Waals surface area contributed by atoms with Crippen LogP contribution in [0.1, 0.15) is 74.9 Å². The monoisotopic (exact) mass is 440 g/mol. The highest BCUT2D eigenvalue weighted by Gasteiger charge is 2.52. The average Bonchev–Trinajstić information content (AvgIpc) is 3.25. The van der Waals surface area contributed by atoms with Crippen LogP contribution in [0.5, 0.6) is 0 Å². The van der Waals surface area contributed by atoms with E-state index in [1.54, 1.807) is 0 Å². The summed E-state index contributed by atoms with van der Waals surface area (Å²) in [6.07, 6.45) is 0. The third kappa shape index (κ3) is 2.67. The van der Waals surface area contributed by atoms with Gasteiger partial charge in [-0.3, -0.25) is 0 Å². The summed E-state index contributed by atoms with van der Waals surface area (Å²) in [6, 6.07) is 30.5. The number of fused-ring (bicyclic) bond motifs is 10. The van der Waals surface area contributed by atoms with Gasteiger partial charge in [-0.1, -0.05) is 126 Å². The first-order valence-corrected chi connectivity index (χ1v) is 12.5. The highest BCUT2D eigenvalue weighted by atomic mass is 14.5. The van der Waals surface area contributed by atoms with Crippen molar-refractivity contribution in [2.75, 3.05) is 0 Å². The van der Waals surface area contributed by atoms with Crippen molar-refractivity contribution in [1.29, 1.82) is 0 Å². The predicted molar refractivity (Wildman–Crippen MR) is 148 cm³/mol. The first kappa shape index (κ1) is 21.5. The second kappa shape index (κ2) is 6.75. The van der Waals surface area contributed by atoms with Crippen molar-refractivity contribution in [3.05, 3.63) is 112 Å². The van der Waals surface area contributed by atoms with Gasteiger partial charge >= 0.3 is 0 Å². The van der Waals surface area contributed by atoms with Crippen LogP contribution in [0, 0.1) is 0 Å². The van der Waals surface area contributed by atoms with Gasteiger partial charge in [-0.05, 0) is 66.5 Å². The van der Waals surface area contributed by atoms with Crippen LogP contribution in [0.3, 0.4) is 0 Å². The topological polar surface area (TPSA) is 0 Å². The zero-order chi connectivity index (χ0) is 24.0. The molecule has 0 aromatic heterocycles. The van der Waals surface area contributed by atoms with Gasteiger partial charge in [0.05, 0.1) is 5.41 Å². The minimum atomic E-state index is -0.273. The van der Waals surface area contributed by atoms with Gasteiger partial charge in [-0.15, -0.1) is 0 Å². The van der Waals surface area contributed by atoms with E-state index in [1.807, 2.05) is 0 Å². The molecular weight excluding hydrogens is 407 g/mol. The highest BCUT2D eigenvalue weighted by Crippen LogP contribution is 2.63. The Labute approximate surface area is 205 Å². The van der Waals surface area contributed by atoms with E-state index in [1.165, 1.54) is 61.1 Å². The second-order valence-corrected chi connectivity index (χ2v) is 12.3. The van der Waals surface area contributed by atoms with Gasteiger partial charge in [0.25, 0.3) is 0 Å². The average molecular weight is 440 g/mol. The first-order chi connectivity index (χ1) is 16.0. The lowest BCUT2D eigenvalue weighted by molar-refractivity contribution is 0.586. The van der Waals surface area contributed by atoms with Crippen molar-refractivity contribution in [3.8, 4) is 22.3 Å². The quantitative estimate of drug-likeness (QED) is 0.226. The van der Waals surface area contributed by atoms with E-state index >= 15 is 0 Å². The molecule has 0 saturated carbocycles. The molecule has 0 heterocycles. The van der Waals surface area contributed by atoms with Gasteiger partial charge in [0.1, 0.15) is 7.85 Å². The van der Waals surface area contributed by atoms with E-state index in [0.717, 1.165) is 0 Å². The van der Waals surface area contributed by atoms with Crippen molar-refractivity contribution in [3.63, 3.8) is 0 Å². The summed E-state index contributed by atoms with van der Waals surface area (Å²) in [5.74, 6) is 0. The van der Waals surface area contributed by atoms with Gasteiger partial charge in [0.15, 0.2) is 0 Å². The maximum atomic E-state index is 2.51. The lowest BCUT2D eigenvalue weighted by atomic mass is 9.68. The Kier molecular flexibility index (Phi) is 4.27. The van der Waals surface area contributed by atoms with E-state index in [-0.39, 0.29) is 16.2 Å². The molecule has 168 valence electrons. The minimum absolute atomic E-state index is 0.0924. The molecule has 0 N–H and O–H groups in total. The second-order valence-electron chi connectivity index (χ2n) is 12.3. The molecule has 0 aliphatic heterocycles. The summed E-state index contributed by atoms with van der Waals surface area (Å²) in [7, 11) is 2.27. The fourth-order valence-corrected chi connectivity index (χ4v) is 6.35. The molecular formula is C33H33B. The molecule has 0 nitrogen and oxygen atoms in total. The van der Waals surface area contributed by atoms with Crippen LogP contribution < -0.4 is 5.46 Å². The van der Waals surface area contributed by atoms with Crippen LogP contribution in [0.2, 0.25) is 0 Å². The molecule has 2 aliphatic rings. The molecule has 34 heavy (non-hydrogen) atoms. The lowest BCUT2D eigenvalue weighted by Gasteiger charge is -2.32. The zero-order valence-corrected chi connectivity index (χ0v) is 21.5. The van der Waals surface area contributed by atoms with Gasteiger partial charge < -0.3 is 0 Å². The van der Waals surface area contributed by atoms with Crippen LogP contribution in [-0.2, 0) is 16.2 Å². The molecule has 4 aromatic rings. The summed E-state index contributed by atoms with van der Waals surface area (Å²) < 4.78 is 0. The highest BCUT2D eigenvalue weighted by molar-refractivity contribution is 6.36. The Morgan fingerprint density at radius 1 is 0.529 bits per heavy atom. The third-order valence-corrected chi connectivity index (χ3v) is 8.15. The summed E-state index contributed by atoms with van der Waals surface area (Å²) in [6.45, 7) is 13.9. The molecule has 4 aromatic carbocycles. The van der Waals surface area contributed by atoms with Crippen LogP contribution in [-0.4, -0.2) is 7.85 Å². The summed E-state index contributed by atoms with van der Waals surface area (Å²) >= 11 is 0. The Bertz CT molecular complexity index is 1410. The Hall–Kier alpha value is -3.06. The number of benzene rings is 4. The lowest BCUT2D eigenvalue weighted by Crippen LogP contribution is -2.28. The Balaban J connectivity index is 1.82. The Morgan fingerprint density at radius 2 is 1.06 bits per heavy atom. The molecule has 0 bridgehead atoms. The summed E-state index contributed by atoms with van der Waals surface area (Å²) in [5.41, 5.74) is 15.4. The standard InChI is InChI=1S/C33H33B/c1-31(2,3)20-14-16-22-23-17-15-21(32(4,5)6)19-28(23)33(27(22)18-20)25-11-8-7-10-24(25)30-26(33)12-9-13-29(30)34/h7-19H,34H2,1-6H3. The molecule has 1 heteroatoms. The molecule has 0 saturated heterocycles. The summed E-state index contributed by atoms with van der Waals surface area (Å²) in [4.78, 5) is 0. The third-order valence-electron chi connectivity index (χ3n) is 8.15. The van der Waals surface area contributed by atoms with Crippen molar-refractivity contribution >= 4 is 13.3 Å². The minimum Gasteiger partial charge on any atom is -0.0809 e. The van der Waals surface area contributed by atoms with Gasteiger partial charge in [0.2, 0.25) is 0 Å². The summed E-state index contributed by atoms with van der Waals surface area (Å²) in [5, 5.41) is 0. The molecule has 0 amide bonds. The van der Waals surface area contributed by atoms with Crippen molar-refractivity contribution < 1.29 is 0 Å². The van der Waals surface area contributed by atoms with Crippen molar-refractivity contribution in [2.45, 2.75) is 57.8 Å². The Morgan fingerprint density at radius 3 is 1.62 bits per heavy atom. The maximum absolute atomic E-state index is 2.51. The van der Waals surface area contributed by atoms with Crippen molar-refractivity contribution in [2.24, 2.45) is 0 Å². The molecule has 6 rings (SSSR count). The normalized spacial score (nSPS) is 15.1. The van der Waals surface area contributed by atoms with Gasteiger partial charge in [0, 0.05) is 0 Å². The van der Waals surface area contributed by atoms with E-state index in [2.05, 4.69) is 128 Å². The van der Waals surface area contributed by atoms with Gasteiger partial charge in [-0.25, -0.2) is 0 Å². The van der Waals surface area contributed by atoms with Crippen molar-refractivity contribution in [1.82, 2.24) is 0 Å². The zero-order valence-electron chi connectivity index (χ0n) is 21.5. The van der Waals surface area contributed by atoms with Crippen LogP contribution in [0.25, 0.3) is 22.3 Å². The molecule has 0 atom stereocenters. The molecule has 0 fully saturated rings. The smallest absolute Gasteiger partial charge is 0.0809 e. The van der Waals surface area contributed by atoms with Crippen LogP contribution in [0.4, 0.5) is 0 Å². The van der Waals surface area contributed by atoms with E-state index in [0.29, 0.717) is 0 Å². The number of hydrogen-bond acceptors (Lipinski definition) is 0. The fourth-order valence-electron chi connectivity index (χ4n) is 6.35. The van der Waals surface area contributed by atoms with E-state index in [9.17, 15) is 0 Å². The first-order valence-electron chi connectivity index (χ1n) is 12.5. The molecule has 2 aliphatic carbocycles. The number of hydrogen-bond donors (Lipinski definition) is 0. The fraction of sp³-hybridized carbons (Fsp3) is 0.273. The van der Waals surface area contributed by atoms with Crippen LogP contribution >= 0.6 is 0 Å². The van der Waals surface area contributed by atoms with Gasteiger partial charge in [-0.2, -0.15) is 0 Å². The van der Waals surface area contributed by atoms with Crippen LogP contribution in [0.15, 0.2) is 78.9 Å². The molecule has 1 spiro atoms. The number of rotatable bonds is 0. The largest absolute Gasteiger partial charge is 0.140 e. The predicted octanol–water partition coefficient (Wildman–Crippen LogP) is 6.88. The molecule has 0 unspecified atom stereocenters. The maximum Gasteiger partial charge on any atom is 0.140 e. The molecule has 0 radical (unpaired) electrons. The SMILES string of the molecule is Bc1cccc2c1-c1ccccc1C21c2cc(C(C)(C)C)ccc2-c2ccc(C(C)(C)C)cc21. The van der Waals surface area contributed by atoms with E-state index < -0.39 is 0 Å². The van der Waals surface area contributed by atoms with E-state index in [4.69, 9.17) is 0 Å².